The average Bonchev–Trinajstić information content (AvgIpc) is 3.30. The van der Waals surface area contributed by atoms with E-state index in [2.05, 4.69) is 27.5 Å². The van der Waals surface area contributed by atoms with Gasteiger partial charge in [0.05, 0.1) is 23.1 Å². The second kappa shape index (κ2) is 9.05. The third-order valence-corrected chi connectivity index (χ3v) is 5.25. The number of aryl methyl sites for hydroxylation is 1. The number of carbonyl (C=O) groups excluding carboxylic acids is 1. The fraction of sp³-hybridized carbons (Fsp3) is 0.400. The molecule has 0 saturated heterocycles. The highest BCUT2D eigenvalue weighted by atomic mass is 32.1. The van der Waals surface area contributed by atoms with Gasteiger partial charge in [-0.05, 0) is 36.6 Å². The minimum absolute atomic E-state index is 0.0485. The van der Waals surface area contributed by atoms with Crippen molar-refractivity contribution in [2.45, 2.75) is 52.4 Å². The molecule has 6 nitrogen and oxygen atoms in total. The van der Waals surface area contributed by atoms with Crippen LogP contribution in [0, 0.1) is 5.82 Å². The average molecular weight is 402 g/mol. The molecule has 8 heteroatoms. The predicted molar refractivity (Wildman–Crippen MR) is 109 cm³/mol. The number of nitrogens with one attached hydrogen (secondary N) is 1. The van der Waals surface area contributed by atoms with Gasteiger partial charge in [0.1, 0.15) is 10.8 Å². The van der Waals surface area contributed by atoms with E-state index in [1.54, 1.807) is 16.8 Å². The molecule has 28 heavy (non-hydrogen) atoms. The Kier molecular flexibility index (Phi) is 6.51. The van der Waals surface area contributed by atoms with Gasteiger partial charge in [0.25, 0.3) is 5.91 Å². The molecule has 148 valence electrons. The molecule has 1 amide bonds. The van der Waals surface area contributed by atoms with Crippen molar-refractivity contribution < 1.29 is 9.18 Å². The quantitative estimate of drug-likeness (QED) is 0.541. The first-order valence-corrected chi connectivity index (χ1v) is 10.3. The van der Waals surface area contributed by atoms with E-state index >= 15 is 0 Å². The number of carbonyl (C=O) groups is 1. The number of hydrogen-bond donors (Lipinski definition) is 1. The van der Waals surface area contributed by atoms with Crippen molar-refractivity contribution in [2.24, 2.45) is 0 Å². The Balaban J connectivity index is 1.79. The van der Waals surface area contributed by atoms with Crippen molar-refractivity contribution in [1.82, 2.24) is 20.0 Å². The third-order valence-electron chi connectivity index (χ3n) is 4.35. The lowest BCUT2D eigenvalue weighted by Gasteiger charge is -2.12. The molecular weight excluding hydrogens is 377 g/mol. The predicted octanol–water partition coefficient (Wildman–Crippen LogP) is 4.97. The Hall–Kier alpha value is -2.61. The molecule has 3 aromatic rings. The van der Waals surface area contributed by atoms with Crippen molar-refractivity contribution in [3.63, 3.8) is 0 Å². The van der Waals surface area contributed by atoms with E-state index in [1.807, 2.05) is 13.8 Å². The summed E-state index contributed by atoms with van der Waals surface area (Å²) in [5.74, 6) is -0.536. The molecule has 0 aliphatic rings. The van der Waals surface area contributed by atoms with Gasteiger partial charge in [0, 0.05) is 6.42 Å². The van der Waals surface area contributed by atoms with Crippen LogP contribution in [0.5, 0.6) is 0 Å². The normalized spacial score (nSPS) is 11.2. The molecule has 0 saturated carbocycles. The highest BCUT2D eigenvalue weighted by Crippen LogP contribution is 2.25. The van der Waals surface area contributed by atoms with Crippen LogP contribution in [-0.4, -0.2) is 25.9 Å². The number of rotatable bonds is 8. The number of halogens is 1. The summed E-state index contributed by atoms with van der Waals surface area (Å²) in [6.07, 6.45) is 5.79. The summed E-state index contributed by atoms with van der Waals surface area (Å²) in [5, 5.41) is 16.8. The zero-order valence-electron chi connectivity index (χ0n) is 16.3. The first-order chi connectivity index (χ1) is 13.5. The number of unbranched alkanes of at least 4 members (excludes halogenated alkanes) is 2. The monoisotopic (exact) mass is 401 g/mol. The van der Waals surface area contributed by atoms with E-state index in [0.717, 1.165) is 36.4 Å². The van der Waals surface area contributed by atoms with E-state index in [0.29, 0.717) is 16.4 Å². The van der Waals surface area contributed by atoms with Gasteiger partial charge in [0.15, 0.2) is 0 Å². The molecule has 1 aromatic carbocycles. The Labute approximate surface area is 167 Å². The topological polar surface area (TPSA) is 72.7 Å². The van der Waals surface area contributed by atoms with Crippen molar-refractivity contribution in [3.8, 4) is 5.69 Å². The van der Waals surface area contributed by atoms with Crippen LogP contribution in [0.2, 0.25) is 0 Å². The lowest BCUT2D eigenvalue weighted by molar-refractivity contribution is 0.102. The maximum Gasteiger partial charge on any atom is 0.260 e. The summed E-state index contributed by atoms with van der Waals surface area (Å²) in [6.45, 7) is 6.14. The van der Waals surface area contributed by atoms with Crippen LogP contribution in [0.15, 0.2) is 30.5 Å². The maximum atomic E-state index is 13.2. The number of aromatic nitrogens is 4. The lowest BCUT2D eigenvalue weighted by Crippen LogP contribution is -2.15. The van der Waals surface area contributed by atoms with Crippen molar-refractivity contribution >= 4 is 22.4 Å². The van der Waals surface area contributed by atoms with Gasteiger partial charge in [-0.1, -0.05) is 44.9 Å². The smallest absolute Gasteiger partial charge is 0.260 e. The molecule has 2 heterocycles. The Morgan fingerprint density at radius 3 is 2.64 bits per heavy atom. The molecule has 0 aliphatic carbocycles. The first-order valence-electron chi connectivity index (χ1n) is 9.47. The van der Waals surface area contributed by atoms with Gasteiger partial charge in [-0.3, -0.25) is 10.1 Å². The zero-order valence-corrected chi connectivity index (χ0v) is 17.1. The first kappa shape index (κ1) is 20.1. The molecule has 0 radical (unpaired) electrons. The molecule has 0 bridgehead atoms. The standard InChI is InChI=1S/C20H24FN5OS/c1-4-5-6-7-17-24-25-20(28-17)23-19(27)16-12-22-26(18(16)13(2)3)15-10-8-14(21)9-11-15/h8-13H,4-7H2,1-3H3,(H,23,25,27). The van der Waals surface area contributed by atoms with E-state index in [-0.39, 0.29) is 17.6 Å². The van der Waals surface area contributed by atoms with Gasteiger partial charge in [-0.15, -0.1) is 10.2 Å². The number of hydrogen-bond acceptors (Lipinski definition) is 5. The second-order valence-electron chi connectivity index (χ2n) is 6.90. The Bertz CT molecular complexity index is 932. The number of benzene rings is 1. The van der Waals surface area contributed by atoms with Crippen LogP contribution in [0.1, 0.15) is 67.0 Å². The fourth-order valence-electron chi connectivity index (χ4n) is 2.97. The van der Waals surface area contributed by atoms with Crippen LogP contribution in [-0.2, 0) is 6.42 Å². The highest BCUT2D eigenvalue weighted by Gasteiger charge is 2.22. The van der Waals surface area contributed by atoms with Crippen LogP contribution in [0.4, 0.5) is 9.52 Å². The molecule has 1 N–H and O–H groups in total. The summed E-state index contributed by atoms with van der Waals surface area (Å²) in [7, 11) is 0. The molecule has 0 spiro atoms. The molecule has 0 aliphatic heterocycles. The number of nitrogens with zero attached hydrogens (tertiary/aromatic N) is 4. The van der Waals surface area contributed by atoms with Gasteiger partial charge in [-0.2, -0.15) is 5.10 Å². The summed E-state index contributed by atoms with van der Waals surface area (Å²) in [4.78, 5) is 12.8. The maximum absolute atomic E-state index is 13.2. The molecule has 0 fully saturated rings. The van der Waals surface area contributed by atoms with Crippen LogP contribution >= 0.6 is 11.3 Å². The van der Waals surface area contributed by atoms with Gasteiger partial charge >= 0.3 is 0 Å². The summed E-state index contributed by atoms with van der Waals surface area (Å²) in [6, 6.07) is 6.04. The van der Waals surface area contributed by atoms with Crippen LogP contribution in [0.25, 0.3) is 5.69 Å². The van der Waals surface area contributed by atoms with E-state index in [9.17, 15) is 9.18 Å². The van der Waals surface area contributed by atoms with Crippen molar-refractivity contribution in [3.05, 3.63) is 52.5 Å². The molecule has 0 atom stereocenters. The number of amides is 1. The lowest BCUT2D eigenvalue weighted by atomic mass is 10.1. The molecule has 2 aromatic heterocycles. The largest absolute Gasteiger partial charge is 0.296 e. The van der Waals surface area contributed by atoms with Gasteiger partial charge < -0.3 is 0 Å². The Morgan fingerprint density at radius 2 is 1.96 bits per heavy atom. The van der Waals surface area contributed by atoms with Gasteiger partial charge in [0.2, 0.25) is 5.13 Å². The number of anilines is 1. The van der Waals surface area contributed by atoms with Gasteiger partial charge in [-0.25, -0.2) is 9.07 Å². The molecule has 3 rings (SSSR count). The van der Waals surface area contributed by atoms with E-state index < -0.39 is 0 Å². The Morgan fingerprint density at radius 1 is 1.21 bits per heavy atom. The van der Waals surface area contributed by atoms with Crippen molar-refractivity contribution in [1.29, 1.82) is 0 Å². The zero-order chi connectivity index (χ0) is 20.1. The van der Waals surface area contributed by atoms with Crippen molar-refractivity contribution in [2.75, 3.05) is 5.32 Å². The highest BCUT2D eigenvalue weighted by molar-refractivity contribution is 7.15. The fourth-order valence-corrected chi connectivity index (χ4v) is 3.75. The molecule has 0 unspecified atom stereocenters. The SMILES string of the molecule is CCCCCc1nnc(NC(=O)c2cnn(-c3ccc(F)cc3)c2C(C)C)s1. The second-order valence-corrected chi connectivity index (χ2v) is 7.96. The van der Waals surface area contributed by atoms with Crippen LogP contribution < -0.4 is 5.32 Å². The summed E-state index contributed by atoms with van der Waals surface area (Å²) < 4.78 is 14.9. The summed E-state index contributed by atoms with van der Waals surface area (Å²) >= 11 is 1.40. The minimum atomic E-state index is -0.314. The third kappa shape index (κ3) is 4.62. The summed E-state index contributed by atoms with van der Waals surface area (Å²) in [5.41, 5.74) is 1.94. The van der Waals surface area contributed by atoms with Crippen LogP contribution in [0.3, 0.4) is 0 Å². The van der Waals surface area contributed by atoms with E-state index in [4.69, 9.17) is 0 Å². The van der Waals surface area contributed by atoms with E-state index in [1.165, 1.54) is 29.7 Å². The minimum Gasteiger partial charge on any atom is -0.296 e. The molecular formula is C20H24FN5OS.